The molecule has 154 valence electrons. The maximum Gasteiger partial charge on any atom is 0.573 e. The Balaban J connectivity index is 1.75. The molecule has 0 saturated heterocycles. The predicted molar refractivity (Wildman–Crippen MR) is 105 cm³/mol. The zero-order chi connectivity index (χ0) is 21.3. The molecular weight excluding hydrogens is 399 g/mol. The lowest BCUT2D eigenvalue weighted by molar-refractivity contribution is -0.274. The summed E-state index contributed by atoms with van der Waals surface area (Å²) in [7, 11) is 0. The molecule has 3 heterocycles. The molecule has 0 aliphatic carbocycles. The van der Waals surface area contributed by atoms with Crippen molar-refractivity contribution in [2.45, 2.75) is 19.8 Å². The Morgan fingerprint density at radius 2 is 1.93 bits per heavy atom. The second kappa shape index (κ2) is 7.58. The first kappa shape index (κ1) is 19.6. The fraction of sp³-hybridized carbons (Fsp3) is 0.143. The van der Waals surface area contributed by atoms with Crippen LogP contribution in [-0.2, 0) is 6.54 Å². The Bertz CT molecular complexity index is 1230. The van der Waals surface area contributed by atoms with Crippen LogP contribution in [0.4, 0.5) is 19.0 Å². The summed E-state index contributed by atoms with van der Waals surface area (Å²) >= 11 is 0. The lowest BCUT2D eigenvalue weighted by Crippen LogP contribution is -2.22. The Morgan fingerprint density at radius 3 is 2.60 bits per heavy atom. The van der Waals surface area contributed by atoms with Crippen molar-refractivity contribution in [2.24, 2.45) is 0 Å². The SMILES string of the molecule is Cc1cc2ccnc(NCc3ccco3)c2c(=O)n1-c1ccc(OC(F)(F)F)cc1. The highest BCUT2D eigenvalue weighted by atomic mass is 19.4. The van der Waals surface area contributed by atoms with Crippen LogP contribution in [0.25, 0.3) is 16.5 Å². The smallest absolute Gasteiger partial charge is 0.467 e. The van der Waals surface area contributed by atoms with E-state index in [0.717, 1.165) is 12.1 Å². The summed E-state index contributed by atoms with van der Waals surface area (Å²) in [6.45, 7) is 2.09. The lowest BCUT2D eigenvalue weighted by atomic mass is 10.1. The standard InChI is InChI=1S/C21H16F3N3O3/c1-13-11-14-8-9-25-19(26-12-17-3-2-10-29-17)18(14)20(28)27(13)15-4-6-16(7-5-15)30-21(22,23)24/h2-11H,12H2,1H3,(H,25,26). The Morgan fingerprint density at radius 1 is 1.17 bits per heavy atom. The number of ether oxygens (including phenoxy) is 1. The molecule has 30 heavy (non-hydrogen) atoms. The van der Waals surface area contributed by atoms with Crippen molar-refractivity contribution in [3.63, 3.8) is 0 Å². The molecular formula is C21H16F3N3O3. The molecule has 0 saturated carbocycles. The van der Waals surface area contributed by atoms with Crippen LogP contribution in [0.5, 0.6) is 5.75 Å². The molecule has 0 fully saturated rings. The molecule has 0 unspecified atom stereocenters. The van der Waals surface area contributed by atoms with Gasteiger partial charge in [0.05, 0.1) is 18.2 Å². The molecule has 0 atom stereocenters. The van der Waals surface area contributed by atoms with Crippen molar-refractivity contribution >= 4 is 16.6 Å². The first-order chi connectivity index (χ1) is 14.3. The molecule has 1 aromatic carbocycles. The molecule has 0 spiro atoms. The van der Waals surface area contributed by atoms with Crippen molar-refractivity contribution in [1.29, 1.82) is 0 Å². The van der Waals surface area contributed by atoms with Crippen molar-refractivity contribution in [3.05, 3.63) is 82.8 Å². The van der Waals surface area contributed by atoms with Gasteiger partial charge in [-0.05, 0) is 60.8 Å². The van der Waals surface area contributed by atoms with Gasteiger partial charge in [0.25, 0.3) is 5.56 Å². The van der Waals surface area contributed by atoms with Crippen LogP contribution in [0.15, 0.2) is 70.2 Å². The zero-order valence-corrected chi connectivity index (χ0v) is 15.7. The summed E-state index contributed by atoms with van der Waals surface area (Å²) in [4.78, 5) is 17.6. The Labute approximate surface area is 168 Å². The quantitative estimate of drug-likeness (QED) is 0.507. The van der Waals surface area contributed by atoms with Gasteiger partial charge in [-0.1, -0.05) is 0 Å². The third-order valence-corrected chi connectivity index (χ3v) is 4.46. The van der Waals surface area contributed by atoms with E-state index in [0.29, 0.717) is 40.3 Å². The number of nitrogens with one attached hydrogen (secondary N) is 1. The number of pyridine rings is 2. The number of furan rings is 1. The normalized spacial score (nSPS) is 11.6. The van der Waals surface area contributed by atoms with E-state index in [9.17, 15) is 18.0 Å². The van der Waals surface area contributed by atoms with Crippen molar-refractivity contribution in [1.82, 2.24) is 9.55 Å². The number of rotatable bonds is 5. The topological polar surface area (TPSA) is 69.3 Å². The number of hydrogen-bond donors (Lipinski definition) is 1. The summed E-state index contributed by atoms with van der Waals surface area (Å²) in [5, 5.41) is 4.16. The molecule has 4 rings (SSSR count). The van der Waals surface area contributed by atoms with E-state index in [-0.39, 0.29) is 11.3 Å². The average Bonchev–Trinajstić information content (AvgIpc) is 3.20. The maximum absolute atomic E-state index is 13.3. The number of alkyl halides is 3. The lowest BCUT2D eigenvalue weighted by Gasteiger charge is -2.15. The molecule has 1 N–H and O–H groups in total. The summed E-state index contributed by atoms with van der Waals surface area (Å²) in [6.07, 6.45) is -1.63. The fourth-order valence-corrected chi connectivity index (χ4v) is 3.22. The van der Waals surface area contributed by atoms with Gasteiger partial charge in [-0.3, -0.25) is 9.36 Å². The maximum atomic E-state index is 13.3. The third kappa shape index (κ3) is 4.00. The summed E-state index contributed by atoms with van der Waals surface area (Å²) in [5.41, 5.74) is 0.694. The highest BCUT2D eigenvalue weighted by Crippen LogP contribution is 2.25. The summed E-state index contributed by atoms with van der Waals surface area (Å²) in [6, 6.07) is 12.2. The van der Waals surface area contributed by atoms with Crippen LogP contribution in [-0.4, -0.2) is 15.9 Å². The van der Waals surface area contributed by atoms with Gasteiger partial charge < -0.3 is 14.5 Å². The van der Waals surface area contributed by atoms with Crippen LogP contribution in [0.1, 0.15) is 11.5 Å². The molecule has 6 nitrogen and oxygen atoms in total. The molecule has 0 aliphatic rings. The third-order valence-electron chi connectivity index (χ3n) is 4.46. The highest BCUT2D eigenvalue weighted by Gasteiger charge is 2.31. The van der Waals surface area contributed by atoms with Crippen LogP contribution < -0.4 is 15.6 Å². The summed E-state index contributed by atoms with van der Waals surface area (Å²) in [5.74, 6) is 0.710. The van der Waals surface area contributed by atoms with Gasteiger partial charge in [0.2, 0.25) is 0 Å². The first-order valence-electron chi connectivity index (χ1n) is 8.95. The molecule has 0 amide bonds. The van der Waals surface area contributed by atoms with Gasteiger partial charge in [0.15, 0.2) is 0 Å². The molecule has 0 radical (unpaired) electrons. The van der Waals surface area contributed by atoms with Crippen LogP contribution >= 0.6 is 0 Å². The Hall–Kier alpha value is -3.75. The minimum Gasteiger partial charge on any atom is -0.467 e. The zero-order valence-electron chi connectivity index (χ0n) is 15.7. The first-order valence-corrected chi connectivity index (χ1v) is 8.95. The highest BCUT2D eigenvalue weighted by molar-refractivity contribution is 5.91. The number of nitrogens with zero attached hydrogens (tertiary/aromatic N) is 2. The van der Waals surface area contributed by atoms with E-state index in [1.165, 1.54) is 16.7 Å². The molecule has 4 aromatic rings. The summed E-state index contributed by atoms with van der Waals surface area (Å²) < 4.78 is 47.8. The second-order valence-corrected chi connectivity index (χ2v) is 6.52. The van der Waals surface area contributed by atoms with E-state index in [2.05, 4.69) is 15.0 Å². The minimum atomic E-state index is -4.78. The number of benzene rings is 1. The monoisotopic (exact) mass is 415 g/mol. The van der Waals surface area contributed by atoms with Crippen LogP contribution in [0.3, 0.4) is 0 Å². The van der Waals surface area contributed by atoms with E-state index in [4.69, 9.17) is 4.42 Å². The molecule has 9 heteroatoms. The molecule has 0 bridgehead atoms. The van der Waals surface area contributed by atoms with Gasteiger partial charge in [0, 0.05) is 17.6 Å². The van der Waals surface area contributed by atoms with Crippen molar-refractivity contribution in [2.75, 3.05) is 5.32 Å². The molecule has 0 aliphatic heterocycles. The van der Waals surface area contributed by atoms with Crippen LogP contribution in [0, 0.1) is 6.92 Å². The Kier molecular flexibility index (Phi) is 4.94. The number of halogens is 3. The van der Waals surface area contributed by atoms with Gasteiger partial charge in [-0.2, -0.15) is 0 Å². The van der Waals surface area contributed by atoms with Gasteiger partial charge >= 0.3 is 6.36 Å². The largest absolute Gasteiger partial charge is 0.573 e. The van der Waals surface area contributed by atoms with E-state index >= 15 is 0 Å². The number of aromatic nitrogens is 2. The number of hydrogen-bond acceptors (Lipinski definition) is 5. The number of fused-ring (bicyclic) bond motifs is 1. The van der Waals surface area contributed by atoms with Gasteiger partial charge in [-0.15, -0.1) is 13.2 Å². The van der Waals surface area contributed by atoms with Crippen molar-refractivity contribution < 1.29 is 22.3 Å². The van der Waals surface area contributed by atoms with E-state index in [1.54, 1.807) is 37.6 Å². The minimum absolute atomic E-state index is 0.343. The van der Waals surface area contributed by atoms with E-state index < -0.39 is 6.36 Å². The number of anilines is 1. The van der Waals surface area contributed by atoms with Gasteiger partial charge in [0.1, 0.15) is 17.3 Å². The van der Waals surface area contributed by atoms with Crippen molar-refractivity contribution in [3.8, 4) is 11.4 Å². The fourth-order valence-electron chi connectivity index (χ4n) is 3.22. The second-order valence-electron chi connectivity index (χ2n) is 6.52. The van der Waals surface area contributed by atoms with E-state index in [1.807, 2.05) is 6.07 Å². The average molecular weight is 415 g/mol. The number of aryl methyl sites for hydroxylation is 1. The molecule has 3 aromatic heterocycles. The predicted octanol–water partition coefficient (Wildman–Crippen LogP) is 4.80. The van der Waals surface area contributed by atoms with Crippen LogP contribution in [0.2, 0.25) is 0 Å². The van der Waals surface area contributed by atoms with Gasteiger partial charge in [-0.25, -0.2) is 4.98 Å².